The van der Waals surface area contributed by atoms with E-state index >= 15 is 0 Å². The van der Waals surface area contributed by atoms with Crippen LogP contribution in [0.25, 0.3) is 10.9 Å². The second-order valence-electron chi connectivity index (χ2n) is 8.22. The van der Waals surface area contributed by atoms with Gasteiger partial charge in [0.05, 0.1) is 16.1 Å². The van der Waals surface area contributed by atoms with Crippen LogP contribution < -0.4 is 16.0 Å². The fourth-order valence-electron chi connectivity index (χ4n) is 4.51. The summed E-state index contributed by atoms with van der Waals surface area (Å²) in [5, 5.41) is 4.39. The molecular weight excluding hydrogens is 372 g/mol. The van der Waals surface area contributed by atoms with Crippen LogP contribution in [0.3, 0.4) is 0 Å². The summed E-state index contributed by atoms with van der Waals surface area (Å²) in [5.41, 5.74) is 7.44. The Morgan fingerprint density at radius 3 is 2.75 bits per heavy atom. The van der Waals surface area contributed by atoms with Crippen molar-refractivity contribution in [1.82, 2.24) is 10.3 Å². The van der Waals surface area contributed by atoms with E-state index in [2.05, 4.69) is 10.2 Å². The van der Waals surface area contributed by atoms with E-state index in [0.29, 0.717) is 16.5 Å². The minimum absolute atomic E-state index is 0.101. The summed E-state index contributed by atoms with van der Waals surface area (Å²) in [5.74, 6) is 1.40. The smallest absolute Gasteiger partial charge is 0.253 e. The van der Waals surface area contributed by atoms with Crippen molar-refractivity contribution in [2.75, 3.05) is 24.5 Å². The fourth-order valence-corrected chi connectivity index (χ4v) is 4.76. The Kier molecular flexibility index (Phi) is 6.02. The van der Waals surface area contributed by atoms with Crippen LogP contribution in [0.5, 0.6) is 0 Å². The first-order valence-corrected chi connectivity index (χ1v) is 10.9. The van der Waals surface area contributed by atoms with E-state index in [4.69, 9.17) is 22.3 Å². The monoisotopic (exact) mass is 400 g/mol. The number of halogens is 1. The van der Waals surface area contributed by atoms with Crippen LogP contribution in [0.1, 0.15) is 55.3 Å². The van der Waals surface area contributed by atoms with Gasteiger partial charge < -0.3 is 16.0 Å². The number of carbonyl (C=O) groups excluding carboxylic acids is 1. The lowest BCUT2D eigenvalue weighted by Gasteiger charge is -2.31. The lowest BCUT2D eigenvalue weighted by atomic mass is 9.89. The number of piperidine rings is 1. The van der Waals surface area contributed by atoms with Gasteiger partial charge >= 0.3 is 0 Å². The van der Waals surface area contributed by atoms with Gasteiger partial charge in [0.1, 0.15) is 5.82 Å². The molecule has 2 heterocycles. The Labute approximate surface area is 171 Å². The number of fused-ring (bicyclic) bond motifs is 1. The van der Waals surface area contributed by atoms with Gasteiger partial charge in [0.25, 0.3) is 5.91 Å². The number of nitrogens with zero attached hydrogens (tertiary/aromatic N) is 2. The van der Waals surface area contributed by atoms with Gasteiger partial charge in [-0.3, -0.25) is 4.79 Å². The molecule has 1 saturated heterocycles. The molecule has 1 atom stereocenters. The molecule has 6 heteroatoms. The van der Waals surface area contributed by atoms with Crippen molar-refractivity contribution >= 4 is 34.2 Å². The molecule has 5 nitrogen and oxygen atoms in total. The molecule has 1 aromatic heterocycles. The maximum atomic E-state index is 12.9. The number of nitrogens with two attached hydrogens (primary N) is 1. The van der Waals surface area contributed by atoms with Crippen molar-refractivity contribution in [2.24, 2.45) is 11.7 Å². The van der Waals surface area contributed by atoms with Crippen molar-refractivity contribution < 1.29 is 4.79 Å². The van der Waals surface area contributed by atoms with E-state index in [1.807, 2.05) is 18.2 Å². The molecule has 2 aromatic rings. The minimum Gasteiger partial charge on any atom is -0.355 e. The number of aromatic nitrogens is 1. The third-order valence-electron chi connectivity index (χ3n) is 6.09. The summed E-state index contributed by atoms with van der Waals surface area (Å²) in [6.45, 7) is 2.51. The average molecular weight is 401 g/mol. The van der Waals surface area contributed by atoms with E-state index < -0.39 is 0 Å². The molecule has 150 valence electrons. The number of anilines is 1. The van der Waals surface area contributed by atoms with Crippen LogP contribution in [0, 0.1) is 5.92 Å². The van der Waals surface area contributed by atoms with Crippen molar-refractivity contribution in [2.45, 2.75) is 51.0 Å². The maximum absolute atomic E-state index is 12.9. The molecule has 28 heavy (non-hydrogen) atoms. The van der Waals surface area contributed by atoms with Crippen LogP contribution in [0.15, 0.2) is 24.3 Å². The molecule has 1 saturated carbocycles. The number of benzene rings is 1. The SMILES string of the molecule is N[C@H]1CCCN(c2ccc3c(C(=O)NCC4CCCCC4)c(Cl)ccc3n2)C1. The van der Waals surface area contributed by atoms with E-state index in [-0.39, 0.29) is 11.9 Å². The Morgan fingerprint density at radius 1 is 1.14 bits per heavy atom. The van der Waals surface area contributed by atoms with Crippen LogP contribution in [-0.4, -0.2) is 36.6 Å². The summed E-state index contributed by atoms with van der Waals surface area (Å²) < 4.78 is 0. The van der Waals surface area contributed by atoms with Crippen LogP contribution in [0.2, 0.25) is 5.02 Å². The minimum atomic E-state index is -0.101. The predicted molar refractivity (Wildman–Crippen MR) is 115 cm³/mol. The molecule has 0 radical (unpaired) electrons. The highest BCUT2D eigenvalue weighted by molar-refractivity contribution is 6.35. The lowest BCUT2D eigenvalue weighted by molar-refractivity contribution is 0.0945. The molecule has 0 spiro atoms. The Hall–Kier alpha value is -1.85. The number of nitrogens with one attached hydrogen (secondary N) is 1. The van der Waals surface area contributed by atoms with Gasteiger partial charge in [0, 0.05) is 31.1 Å². The number of carbonyl (C=O) groups is 1. The highest BCUT2D eigenvalue weighted by Crippen LogP contribution is 2.29. The summed E-state index contributed by atoms with van der Waals surface area (Å²) in [6.07, 6.45) is 8.39. The average Bonchev–Trinajstić information content (AvgIpc) is 2.72. The number of hydrogen-bond acceptors (Lipinski definition) is 4. The topological polar surface area (TPSA) is 71.2 Å². The molecule has 1 aliphatic carbocycles. The Balaban J connectivity index is 1.55. The fraction of sp³-hybridized carbons (Fsp3) is 0.545. The molecule has 0 unspecified atom stereocenters. The summed E-state index contributed by atoms with van der Waals surface area (Å²) in [4.78, 5) is 19.9. The molecule has 2 aliphatic rings. The predicted octanol–water partition coefficient (Wildman–Crippen LogP) is 4.13. The van der Waals surface area contributed by atoms with Crippen molar-refractivity contribution in [1.29, 1.82) is 0 Å². The van der Waals surface area contributed by atoms with Gasteiger partial charge in [-0.15, -0.1) is 0 Å². The zero-order valence-corrected chi connectivity index (χ0v) is 17.0. The standard InChI is InChI=1S/C22H29ClN4O/c23-18-9-10-19-17(8-11-20(26-19)27-12-4-7-16(24)14-27)21(18)22(28)25-13-15-5-2-1-3-6-15/h8-11,15-16H,1-7,12-14,24H2,(H,25,28)/t16-/m0/s1. The van der Waals surface area contributed by atoms with Gasteiger partial charge in [-0.05, 0) is 55.9 Å². The van der Waals surface area contributed by atoms with Gasteiger partial charge in [-0.1, -0.05) is 30.9 Å². The lowest BCUT2D eigenvalue weighted by Crippen LogP contribution is -2.43. The first kappa shape index (κ1) is 19.5. The van der Waals surface area contributed by atoms with Gasteiger partial charge in [0.2, 0.25) is 0 Å². The zero-order chi connectivity index (χ0) is 19.5. The van der Waals surface area contributed by atoms with E-state index in [1.54, 1.807) is 6.07 Å². The Bertz CT molecular complexity index is 850. The van der Waals surface area contributed by atoms with Gasteiger partial charge in [0.15, 0.2) is 0 Å². The molecular formula is C22H29ClN4O. The number of amides is 1. The molecule has 1 amide bonds. The van der Waals surface area contributed by atoms with Gasteiger partial charge in [-0.25, -0.2) is 4.98 Å². The van der Waals surface area contributed by atoms with Crippen LogP contribution in [-0.2, 0) is 0 Å². The number of pyridine rings is 1. The highest BCUT2D eigenvalue weighted by Gasteiger charge is 2.21. The largest absolute Gasteiger partial charge is 0.355 e. The second-order valence-corrected chi connectivity index (χ2v) is 8.63. The summed E-state index contributed by atoms with van der Waals surface area (Å²) in [7, 11) is 0. The molecule has 2 fully saturated rings. The summed E-state index contributed by atoms with van der Waals surface area (Å²) >= 11 is 6.41. The van der Waals surface area contributed by atoms with Crippen molar-refractivity contribution in [3.8, 4) is 0 Å². The molecule has 3 N–H and O–H groups in total. The van der Waals surface area contributed by atoms with Crippen LogP contribution in [0.4, 0.5) is 5.82 Å². The highest BCUT2D eigenvalue weighted by atomic mass is 35.5. The van der Waals surface area contributed by atoms with E-state index in [1.165, 1.54) is 32.1 Å². The van der Waals surface area contributed by atoms with Crippen molar-refractivity contribution in [3.05, 3.63) is 34.9 Å². The third kappa shape index (κ3) is 4.26. The van der Waals surface area contributed by atoms with Crippen LogP contribution >= 0.6 is 11.6 Å². The molecule has 1 aromatic carbocycles. The van der Waals surface area contributed by atoms with Gasteiger partial charge in [-0.2, -0.15) is 0 Å². The molecule has 4 rings (SSSR count). The first-order valence-electron chi connectivity index (χ1n) is 10.5. The Morgan fingerprint density at radius 2 is 1.96 bits per heavy atom. The maximum Gasteiger partial charge on any atom is 0.253 e. The summed E-state index contributed by atoms with van der Waals surface area (Å²) in [6, 6.07) is 7.81. The number of rotatable bonds is 4. The molecule has 0 bridgehead atoms. The normalized spacial score (nSPS) is 21.1. The number of hydrogen-bond donors (Lipinski definition) is 2. The van der Waals surface area contributed by atoms with E-state index in [0.717, 1.165) is 49.2 Å². The first-order chi connectivity index (χ1) is 13.6. The zero-order valence-electron chi connectivity index (χ0n) is 16.3. The molecule has 1 aliphatic heterocycles. The quantitative estimate of drug-likeness (QED) is 0.809. The second kappa shape index (κ2) is 8.66. The third-order valence-corrected chi connectivity index (χ3v) is 6.41. The van der Waals surface area contributed by atoms with E-state index in [9.17, 15) is 4.79 Å². The van der Waals surface area contributed by atoms with Crippen molar-refractivity contribution in [3.63, 3.8) is 0 Å².